The minimum absolute atomic E-state index is 0.268. The van der Waals surface area contributed by atoms with E-state index in [9.17, 15) is 26.3 Å². The lowest BCUT2D eigenvalue weighted by Gasteiger charge is -2.23. The molecule has 3 nitrogen and oxygen atoms in total. The molecule has 1 N–H and O–H groups in total. The van der Waals surface area contributed by atoms with Gasteiger partial charge in [0.2, 0.25) is 0 Å². The second kappa shape index (κ2) is 5.70. The Balaban J connectivity index is 2.07. The third-order valence-electron chi connectivity index (χ3n) is 2.79. The highest BCUT2D eigenvalue weighted by atomic mass is 19.4. The molecule has 0 aliphatic heterocycles. The average molecular weight is 314 g/mol. The van der Waals surface area contributed by atoms with Gasteiger partial charge in [-0.1, -0.05) is 0 Å². The van der Waals surface area contributed by atoms with Gasteiger partial charge in [-0.05, 0) is 18.9 Å². The third kappa shape index (κ3) is 4.76. The van der Waals surface area contributed by atoms with Crippen molar-refractivity contribution < 1.29 is 31.1 Å². The molecule has 1 heterocycles. The summed E-state index contributed by atoms with van der Waals surface area (Å²) in [6.45, 7) is 0.268. The van der Waals surface area contributed by atoms with E-state index in [1.807, 2.05) is 0 Å². The van der Waals surface area contributed by atoms with E-state index in [2.05, 4.69) is 15.0 Å². The molecule has 0 aromatic carbocycles. The molecule has 0 unspecified atom stereocenters. The first kappa shape index (κ1) is 15.9. The summed E-state index contributed by atoms with van der Waals surface area (Å²) in [5.74, 6) is -0.516. The summed E-state index contributed by atoms with van der Waals surface area (Å²) in [4.78, 5) is 3.87. The van der Waals surface area contributed by atoms with Crippen LogP contribution in [-0.4, -0.2) is 29.5 Å². The van der Waals surface area contributed by atoms with Gasteiger partial charge < -0.3 is 10.1 Å². The van der Waals surface area contributed by atoms with Gasteiger partial charge in [0.15, 0.2) is 0 Å². The van der Waals surface area contributed by atoms with Gasteiger partial charge in [0.05, 0.1) is 5.69 Å². The molecular weight excluding hydrogens is 302 g/mol. The maximum atomic E-state index is 12.4. The molecule has 0 saturated heterocycles. The van der Waals surface area contributed by atoms with E-state index in [0.29, 0.717) is 11.7 Å². The van der Waals surface area contributed by atoms with Gasteiger partial charge in [-0.15, -0.1) is 0 Å². The molecule has 1 saturated carbocycles. The van der Waals surface area contributed by atoms with Gasteiger partial charge in [0.1, 0.15) is 5.75 Å². The van der Waals surface area contributed by atoms with Crippen LogP contribution in [0.5, 0.6) is 5.75 Å². The SMILES string of the molecule is FC(F)(F)C(Oc1ccnc(CNC2CC2)c1)C(F)(F)F. The number of aromatic nitrogens is 1. The van der Waals surface area contributed by atoms with E-state index >= 15 is 0 Å². The first-order valence-electron chi connectivity index (χ1n) is 6.14. The minimum atomic E-state index is -5.53. The molecule has 1 aliphatic carbocycles. The molecule has 9 heteroatoms. The Labute approximate surface area is 116 Å². The van der Waals surface area contributed by atoms with Crippen LogP contribution in [0.25, 0.3) is 0 Å². The first-order chi connectivity index (χ1) is 9.66. The Hall–Kier alpha value is -1.51. The van der Waals surface area contributed by atoms with E-state index < -0.39 is 24.2 Å². The number of hydrogen-bond acceptors (Lipinski definition) is 3. The number of ether oxygens (including phenoxy) is 1. The van der Waals surface area contributed by atoms with Crippen LogP contribution in [0.4, 0.5) is 26.3 Å². The molecule has 2 rings (SSSR count). The predicted octanol–water partition coefficient (Wildman–Crippen LogP) is 3.21. The number of hydrogen-bond donors (Lipinski definition) is 1. The zero-order valence-electron chi connectivity index (χ0n) is 10.6. The molecule has 0 atom stereocenters. The normalized spacial score (nSPS) is 16.3. The van der Waals surface area contributed by atoms with E-state index in [1.54, 1.807) is 0 Å². The van der Waals surface area contributed by atoms with E-state index in [-0.39, 0.29) is 6.54 Å². The molecule has 118 valence electrons. The van der Waals surface area contributed by atoms with Gasteiger partial charge in [-0.2, -0.15) is 26.3 Å². The van der Waals surface area contributed by atoms with Crippen molar-refractivity contribution in [1.29, 1.82) is 0 Å². The lowest BCUT2D eigenvalue weighted by atomic mass is 10.3. The monoisotopic (exact) mass is 314 g/mol. The van der Waals surface area contributed by atoms with Crippen molar-refractivity contribution >= 4 is 0 Å². The molecular formula is C12H12F6N2O. The Kier molecular flexibility index (Phi) is 4.31. The van der Waals surface area contributed by atoms with Crippen molar-refractivity contribution in [2.45, 2.75) is 43.9 Å². The highest BCUT2D eigenvalue weighted by Crippen LogP contribution is 2.36. The molecule has 1 aromatic heterocycles. The zero-order chi connectivity index (χ0) is 15.7. The summed E-state index contributed by atoms with van der Waals surface area (Å²) in [5.41, 5.74) is 0.322. The van der Waals surface area contributed by atoms with Crippen molar-refractivity contribution in [3.8, 4) is 5.75 Å². The largest absolute Gasteiger partial charge is 0.471 e. The highest BCUT2D eigenvalue weighted by Gasteiger charge is 2.59. The Morgan fingerprint density at radius 2 is 1.81 bits per heavy atom. The number of alkyl halides is 6. The Morgan fingerprint density at radius 1 is 1.19 bits per heavy atom. The van der Waals surface area contributed by atoms with Crippen LogP contribution in [-0.2, 0) is 6.54 Å². The molecule has 1 fully saturated rings. The fraction of sp³-hybridized carbons (Fsp3) is 0.583. The van der Waals surface area contributed by atoms with E-state index in [1.165, 1.54) is 0 Å². The number of nitrogens with one attached hydrogen (secondary N) is 1. The van der Waals surface area contributed by atoms with Crippen molar-refractivity contribution in [2.75, 3.05) is 0 Å². The van der Waals surface area contributed by atoms with Crippen LogP contribution in [0.3, 0.4) is 0 Å². The summed E-state index contributed by atoms with van der Waals surface area (Å²) >= 11 is 0. The van der Waals surface area contributed by atoms with Crippen molar-refractivity contribution in [3.05, 3.63) is 24.0 Å². The summed E-state index contributed by atoms with van der Waals surface area (Å²) in [5, 5.41) is 3.05. The van der Waals surface area contributed by atoms with Crippen LogP contribution in [0.2, 0.25) is 0 Å². The molecule has 21 heavy (non-hydrogen) atoms. The number of pyridine rings is 1. The first-order valence-corrected chi connectivity index (χ1v) is 6.14. The average Bonchev–Trinajstić information content (AvgIpc) is 3.15. The molecule has 0 spiro atoms. The molecule has 1 aliphatic rings. The number of rotatable bonds is 5. The topological polar surface area (TPSA) is 34.1 Å². The van der Waals surface area contributed by atoms with Crippen LogP contribution in [0.1, 0.15) is 18.5 Å². The van der Waals surface area contributed by atoms with Crippen LogP contribution in [0.15, 0.2) is 18.3 Å². The van der Waals surface area contributed by atoms with E-state index in [4.69, 9.17) is 0 Å². The lowest BCUT2D eigenvalue weighted by molar-refractivity contribution is -0.299. The second-order valence-electron chi connectivity index (χ2n) is 4.72. The fourth-order valence-electron chi connectivity index (χ4n) is 1.62. The summed E-state index contributed by atoms with van der Waals surface area (Å²) < 4.78 is 78.4. The fourth-order valence-corrected chi connectivity index (χ4v) is 1.62. The lowest BCUT2D eigenvalue weighted by Crippen LogP contribution is -2.46. The van der Waals surface area contributed by atoms with Gasteiger partial charge in [-0.3, -0.25) is 4.98 Å². The molecule has 0 radical (unpaired) electrons. The van der Waals surface area contributed by atoms with Crippen LogP contribution >= 0.6 is 0 Å². The maximum Gasteiger partial charge on any atom is 0.434 e. The van der Waals surface area contributed by atoms with Crippen LogP contribution < -0.4 is 10.1 Å². The zero-order valence-corrected chi connectivity index (χ0v) is 10.6. The molecule has 0 amide bonds. The summed E-state index contributed by atoms with van der Waals surface area (Å²) in [6, 6.07) is 2.37. The van der Waals surface area contributed by atoms with Gasteiger partial charge >= 0.3 is 12.4 Å². The second-order valence-corrected chi connectivity index (χ2v) is 4.72. The van der Waals surface area contributed by atoms with Gasteiger partial charge in [-0.25, -0.2) is 0 Å². The van der Waals surface area contributed by atoms with Crippen molar-refractivity contribution in [1.82, 2.24) is 10.3 Å². The summed E-state index contributed by atoms with van der Waals surface area (Å²) in [6.07, 6.45) is -11.8. The smallest absolute Gasteiger partial charge is 0.434 e. The van der Waals surface area contributed by atoms with E-state index in [0.717, 1.165) is 31.2 Å². The molecule has 0 bridgehead atoms. The number of halogens is 6. The maximum absolute atomic E-state index is 12.4. The van der Waals surface area contributed by atoms with Gasteiger partial charge in [0, 0.05) is 24.8 Å². The number of nitrogens with zero attached hydrogens (tertiary/aromatic N) is 1. The quantitative estimate of drug-likeness (QED) is 0.848. The van der Waals surface area contributed by atoms with Crippen LogP contribution in [0, 0.1) is 0 Å². The predicted molar refractivity (Wildman–Crippen MR) is 60.6 cm³/mol. The summed E-state index contributed by atoms with van der Waals surface area (Å²) in [7, 11) is 0. The standard InChI is InChI=1S/C12H12F6N2O/c13-11(14,15)10(12(16,17)18)21-9-3-4-19-8(5-9)6-20-7-1-2-7/h3-5,7,10,20H,1-2,6H2. The highest BCUT2D eigenvalue weighted by molar-refractivity contribution is 5.23. The molecule has 1 aromatic rings. The van der Waals surface area contributed by atoms with Crippen molar-refractivity contribution in [3.63, 3.8) is 0 Å². The van der Waals surface area contributed by atoms with Crippen molar-refractivity contribution in [2.24, 2.45) is 0 Å². The van der Waals surface area contributed by atoms with Gasteiger partial charge in [0.25, 0.3) is 6.10 Å². The Morgan fingerprint density at radius 3 is 2.33 bits per heavy atom. The Bertz CT molecular complexity index is 469. The third-order valence-corrected chi connectivity index (χ3v) is 2.79. The minimum Gasteiger partial charge on any atom is -0.471 e.